The number of allylic oxidation sites excluding steroid dienone is 1. The minimum Gasteiger partial charge on any atom is -0.512 e. The van der Waals surface area contributed by atoms with Crippen LogP contribution in [0, 0.1) is 5.92 Å². The molecular formula is C15H22O. The third kappa shape index (κ3) is 2.88. The molecule has 0 bridgehead atoms. The summed E-state index contributed by atoms with van der Waals surface area (Å²) in [6.45, 7) is 12.0. The highest BCUT2D eigenvalue weighted by atomic mass is 16.3. The Labute approximate surface area is 98.8 Å². The van der Waals surface area contributed by atoms with E-state index in [0.717, 1.165) is 12.0 Å². The van der Waals surface area contributed by atoms with Crippen LogP contribution in [-0.4, -0.2) is 5.11 Å². The van der Waals surface area contributed by atoms with Gasteiger partial charge in [0.2, 0.25) is 0 Å². The molecule has 0 unspecified atom stereocenters. The minimum absolute atomic E-state index is 0.212. The van der Waals surface area contributed by atoms with Gasteiger partial charge in [-0.2, -0.15) is 0 Å². The van der Waals surface area contributed by atoms with Gasteiger partial charge in [-0.1, -0.05) is 44.7 Å². The van der Waals surface area contributed by atoms with Crippen molar-refractivity contribution in [2.75, 3.05) is 0 Å². The van der Waals surface area contributed by atoms with Gasteiger partial charge >= 0.3 is 0 Å². The van der Waals surface area contributed by atoms with Crippen molar-refractivity contribution in [3.63, 3.8) is 0 Å². The topological polar surface area (TPSA) is 20.2 Å². The van der Waals surface area contributed by atoms with Crippen LogP contribution in [0.4, 0.5) is 0 Å². The van der Waals surface area contributed by atoms with Crippen molar-refractivity contribution in [3.05, 3.63) is 47.7 Å². The number of rotatable bonds is 4. The molecule has 88 valence electrons. The first-order valence-electron chi connectivity index (χ1n) is 5.82. The molecule has 1 N–H and O–H groups in total. The summed E-state index contributed by atoms with van der Waals surface area (Å²) in [5, 5.41) is 9.55. The average molecular weight is 218 g/mol. The summed E-state index contributed by atoms with van der Waals surface area (Å²) in [5.74, 6) is 0.885. The molecule has 0 saturated carbocycles. The molecule has 0 aromatic heterocycles. The van der Waals surface area contributed by atoms with Gasteiger partial charge in [-0.3, -0.25) is 0 Å². The number of aliphatic hydroxyl groups excluding tert-OH is 1. The summed E-state index contributed by atoms with van der Waals surface area (Å²) in [7, 11) is 0. The maximum Gasteiger partial charge on any atom is 0.0950 e. The molecule has 1 aromatic carbocycles. The third-order valence-corrected chi connectivity index (χ3v) is 3.04. The van der Waals surface area contributed by atoms with Gasteiger partial charge < -0.3 is 5.11 Å². The molecule has 0 aliphatic carbocycles. The molecular weight excluding hydrogens is 196 g/mol. The van der Waals surface area contributed by atoms with Gasteiger partial charge in [0.1, 0.15) is 0 Å². The summed E-state index contributed by atoms with van der Waals surface area (Å²) < 4.78 is 0. The highest BCUT2D eigenvalue weighted by molar-refractivity contribution is 5.33. The molecule has 0 amide bonds. The van der Waals surface area contributed by atoms with E-state index in [1.807, 2.05) is 13.8 Å². The summed E-state index contributed by atoms with van der Waals surface area (Å²) >= 11 is 0. The van der Waals surface area contributed by atoms with Gasteiger partial charge in [0, 0.05) is 5.41 Å². The normalized spacial score (nSPS) is 11.8. The van der Waals surface area contributed by atoms with Gasteiger partial charge in [0.05, 0.1) is 5.76 Å². The van der Waals surface area contributed by atoms with Crippen molar-refractivity contribution in [2.45, 2.75) is 39.5 Å². The standard InChI is InChI=1S/C15H22O/c1-11(2)10-13-6-8-14(9-7-13)15(4,5)12(3)16/h6-9,11,16H,3,10H2,1-2,4-5H3. The Morgan fingerprint density at radius 1 is 1.25 bits per heavy atom. The van der Waals surface area contributed by atoms with Gasteiger partial charge in [-0.25, -0.2) is 0 Å². The molecule has 0 fully saturated rings. The Bertz CT molecular complexity index is 358. The van der Waals surface area contributed by atoms with Gasteiger partial charge in [-0.15, -0.1) is 0 Å². The van der Waals surface area contributed by atoms with E-state index in [4.69, 9.17) is 0 Å². The highest BCUT2D eigenvalue weighted by Crippen LogP contribution is 2.29. The minimum atomic E-state index is -0.365. The average Bonchev–Trinajstić information content (AvgIpc) is 2.17. The van der Waals surface area contributed by atoms with Crippen LogP contribution < -0.4 is 0 Å². The van der Waals surface area contributed by atoms with Gasteiger partial charge in [0.15, 0.2) is 0 Å². The number of hydrogen-bond acceptors (Lipinski definition) is 1. The maximum atomic E-state index is 9.55. The zero-order valence-corrected chi connectivity index (χ0v) is 10.7. The van der Waals surface area contributed by atoms with Crippen molar-refractivity contribution >= 4 is 0 Å². The van der Waals surface area contributed by atoms with Crippen LogP contribution >= 0.6 is 0 Å². The predicted molar refractivity (Wildman–Crippen MR) is 69.8 cm³/mol. The molecule has 0 saturated heterocycles. The molecule has 1 heteroatoms. The summed E-state index contributed by atoms with van der Waals surface area (Å²) in [6, 6.07) is 8.44. The second-order valence-corrected chi connectivity index (χ2v) is 5.37. The Morgan fingerprint density at radius 3 is 2.12 bits per heavy atom. The van der Waals surface area contributed by atoms with E-state index in [1.165, 1.54) is 5.56 Å². The first-order chi connectivity index (χ1) is 7.34. The molecule has 0 heterocycles. The van der Waals surface area contributed by atoms with Crippen molar-refractivity contribution in [1.29, 1.82) is 0 Å². The second-order valence-electron chi connectivity index (χ2n) is 5.37. The molecule has 0 spiro atoms. The van der Waals surface area contributed by atoms with Gasteiger partial charge in [0.25, 0.3) is 0 Å². The van der Waals surface area contributed by atoms with E-state index in [-0.39, 0.29) is 11.2 Å². The Balaban J connectivity index is 2.91. The largest absolute Gasteiger partial charge is 0.512 e. The third-order valence-electron chi connectivity index (χ3n) is 3.04. The summed E-state index contributed by atoms with van der Waals surface area (Å²) in [4.78, 5) is 0. The predicted octanol–water partition coefficient (Wildman–Crippen LogP) is 4.23. The van der Waals surface area contributed by atoms with Crippen LogP contribution in [0.25, 0.3) is 0 Å². The summed E-state index contributed by atoms with van der Waals surface area (Å²) in [5.41, 5.74) is 2.08. The SMILES string of the molecule is C=C(O)C(C)(C)c1ccc(CC(C)C)cc1. The lowest BCUT2D eigenvalue weighted by atomic mass is 9.82. The Hall–Kier alpha value is -1.24. The van der Waals surface area contributed by atoms with Crippen LogP contribution in [0.2, 0.25) is 0 Å². The molecule has 16 heavy (non-hydrogen) atoms. The lowest BCUT2D eigenvalue weighted by molar-refractivity contribution is 0.324. The van der Waals surface area contributed by atoms with Crippen molar-refractivity contribution < 1.29 is 5.11 Å². The number of hydrogen-bond donors (Lipinski definition) is 1. The van der Waals surface area contributed by atoms with E-state index in [9.17, 15) is 5.11 Å². The Kier molecular flexibility index (Phi) is 3.79. The fourth-order valence-electron chi connectivity index (χ4n) is 1.70. The first-order valence-corrected chi connectivity index (χ1v) is 5.82. The van der Waals surface area contributed by atoms with E-state index in [1.54, 1.807) is 0 Å². The van der Waals surface area contributed by atoms with Crippen molar-refractivity contribution in [2.24, 2.45) is 5.92 Å². The van der Waals surface area contributed by atoms with Crippen LogP contribution in [0.1, 0.15) is 38.8 Å². The smallest absolute Gasteiger partial charge is 0.0950 e. The second kappa shape index (κ2) is 4.73. The van der Waals surface area contributed by atoms with Crippen molar-refractivity contribution in [3.8, 4) is 0 Å². The van der Waals surface area contributed by atoms with E-state index < -0.39 is 0 Å². The molecule has 1 nitrogen and oxygen atoms in total. The molecule has 0 radical (unpaired) electrons. The zero-order chi connectivity index (χ0) is 12.3. The van der Waals surface area contributed by atoms with Crippen LogP contribution in [0.5, 0.6) is 0 Å². The molecule has 1 aromatic rings. The fourth-order valence-corrected chi connectivity index (χ4v) is 1.70. The molecule has 0 atom stereocenters. The first kappa shape index (κ1) is 12.8. The number of aliphatic hydroxyl groups is 1. The van der Waals surface area contributed by atoms with E-state index >= 15 is 0 Å². The number of benzene rings is 1. The lowest BCUT2D eigenvalue weighted by Gasteiger charge is -2.24. The van der Waals surface area contributed by atoms with E-state index in [2.05, 4.69) is 44.7 Å². The van der Waals surface area contributed by atoms with Crippen molar-refractivity contribution in [1.82, 2.24) is 0 Å². The monoisotopic (exact) mass is 218 g/mol. The lowest BCUT2D eigenvalue weighted by Crippen LogP contribution is -2.19. The maximum absolute atomic E-state index is 9.55. The fraction of sp³-hybridized carbons (Fsp3) is 0.467. The van der Waals surface area contributed by atoms with E-state index in [0.29, 0.717) is 5.92 Å². The van der Waals surface area contributed by atoms with Crippen LogP contribution in [-0.2, 0) is 11.8 Å². The highest BCUT2D eigenvalue weighted by Gasteiger charge is 2.23. The quantitative estimate of drug-likeness (QED) is 0.750. The van der Waals surface area contributed by atoms with Crippen LogP contribution in [0.15, 0.2) is 36.6 Å². The van der Waals surface area contributed by atoms with Gasteiger partial charge in [-0.05, 0) is 37.3 Å². The molecule has 0 aliphatic rings. The Morgan fingerprint density at radius 2 is 1.75 bits per heavy atom. The summed E-state index contributed by atoms with van der Waals surface area (Å²) in [6.07, 6.45) is 1.10. The van der Waals surface area contributed by atoms with Crippen LogP contribution in [0.3, 0.4) is 0 Å². The molecule has 0 aliphatic heterocycles. The molecule has 1 rings (SSSR count). The zero-order valence-electron chi connectivity index (χ0n) is 10.7.